The first kappa shape index (κ1) is 14.3. The fraction of sp³-hybridized carbons (Fsp3) is 0.125. The minimum atomic E-state index is 0.624. The highest BCUT2D eigenvalue weighted by Gasteiger charge is 2.11. The fourth-order valence-electron chi connectivity index (χ4n) is 2.21. The van der Waals surface area contributed by atoms with Gasteiger partial charge in [0.25, 0.3) is 0 Å². The Morgan fingerprint density at radius 2 is 1.90 bits per heavy atom. The second-order valence-electron chi connectivity index (χ2n) is 4.79. The van der Waals surface area contributed by atoms with Crippen molar-refractivity contribution in [3.63, 3.8) is 0 Å². The van der Waals surface area contributed by atoms with Crippen LogP contribution in [0, 0.1) is 6.92 Å². The van der Waals surface area contributed by atoms with Gasteiger partial charge in [0.05, 0.1) is 10.5 Å². The van der Waals surface area contributed by atoms with Crippen LogP contribution in [0.1, 0.15) is 5.56 Å². The van der Waals surface area contributed by atoms with Gasteiger partial charge in [0.15, 0.2) is 5.82 Å². The first-order chi connectivity index (χ1) is 10.1. The van der Waals surface area contributed by atoms with E-state index in [0.717, 1.165) is 32.3 Å². The Morgan fingerprint density at radius 1 is 1.10 bits per heavy atom. The molecule has 3 rings (SSSR count). The van der Waals surface area contributed by atoms with E-state index in [1.807, 2.05) is 50.4 Å². The van der Waals surface area contributed by atoms with Crippen molar-refractivity contribution >= 4 is 44.3 Å². The number of aromatic nitrogens is 2. The summed E-state index contributed by atoms with van der Waals surface area (Å²) in [5.41, 5.74) is 2.83. The van der Waals surface area contributed by atoms with Crippen molar-refractivity contribution in [1.29, 1.82) is 0 Å². The van der Waals surface area contributed by atoms with Gasteiger partial charge in [-0.15, -0.1) is 0 Å². The number of benzene rings is 2. The standard InChI is InChI=1S/C16H13BrClN3/c1-9-3-5-11(13(18)7-9)16-20-14-6-4-10(17)8-12(14)15(19-2)21-16/h3-8H,1-2H3,(H,19,20,21). The maximum atomic E-state index is 6.33. The molecule has 0 aliphatic carbocycles. The largest absolute Gasteiger partial charge is 0.373 e. The molecule has 1 aromatic heterocycles. The van der Waals surface area contributed by atoms with Crippen LogP contribution in [0.2, 0.25) is 5.02 Å². The number of hydrogen-bond donors (Lipinski definition) is 1. The highest BCUT2D eigenvalue weighted by Crippen LogP contribution is 2.30. The average molecular weight is 363 g/mol. The molecule has 0 bridgehead atoms. The molecule has 0 aliphatic heterocycles. The second kappa shape index (κ2) is 5.62. The zero-order chi connectivity index (χ0) is 15.0. The van der Waals surface area contributed by atoms with E-state index < -0.39 is 0 Å². The molecule has 106 valence electrons. The molecule has 2 aromatic carbocycles. The van der Waals surface area contributed by atoms with Gasteiger partial charge in [-0.2, -0.15) is 0 Å². The van der Waals surface area contributed by atoms with Gasteiger partial charge in [-0.05, 0) is 42.8 Å². The molecule has 0 fully saturated rings. The number of nitrogens with zero attached hydrogens (tertiary/aromatic N) is 2. The third-order valence-corrected chi connectivity index (χ3v) is 4.07. The third kappa shape index (κ3) is 2.74. The average Bonchev–Trinajstić information content (AvgIpc) is 2.46. The molecule has 21 heavy (non-hydrogen) atoms. The number of fused-ring (bicyclic) bond motifs is 1. The fourth-order valence-corrected chi connectivity index (χ4v) is 2.89. The molecule has 3 nitrogen and oxygen atoms in total. The first-order valence-electron chi connectivity index (χ1n) is 6.50. The van der Waals surface area contributed by atoms with Crippen LogP contribution in [0.5, 0.6) is 0 Å². The van der Waals surface area contributed by atoms with Crippen molar-refractivity contribution in [2.75, 3.05) is 12.4 Å². The van der Waals surface area contributed by atoms with Crippen LogP contribution in [0.3, 0.4) is 0 Å². The summed E-state index contributed by atoms with van der Waals surface area (Å²) in [6.45, 7) is 2.01. The minimum absolute atomic E-state index is 0.624. The summed E-state index contributed by atoms with van der Waals surface area (Å²) in [5, 5.41) is 4.75. The van der Waals surface area contributed by atoms with Gasteiger partial charge in [0.2, 0.25) is 0 Å². The summed E-state index contributed by atoms with van der Waals surface area (Å²) in [7, 11) is 1.85. The quantitative estimate of drug-likeness (QED) is 0.692. The molecule has 1 N–H and O–H groups in total. The van der Waals surface area contributed by atoms with E-state index in [-0.39, 0.29) is 0 Å². The smallest absolute Gasteiger partial charge is 0.163 e. The van der Waals surface area contributed by atoms with Crippen molar-refractivity contribution in [3.8, 4) is 11.4 Å². The molecule has 5 heteroatoms. The Labute approximate surface area is 136 Å². The molecule has 1 heterocycles. The number of nitrogens with one attached hydrogen (secondary N) is 1. The molecule has 3 aromatic rings. The summed E-state index contributed by atoms with van der Waals surface area (Å²) < 4.78 is 0.996. The normalized spacial score (nSPS) is 10.9. The van der Waals surface area contributed by atoms with Gasteiger partial charge in [-0.1, -0.05) is 33.6 Å². The minimum Gasteiger partial charge on any atom is -0.373 e. The number of hydrogen-bond acceptors (Lipinski definition) is 3. The van der Waals surface area contributed by atoms with Crippen molar-refractivity contribution in [3.05, 3.63) is 51.5 Å². The highest BCUT2D eigenvalue weighted by molar-refractivity contribution is 9.10. The molecular weight excluding hydrogens is 350 g/mol. The molecule has 0 radical (unpaired) electrons. The lowest BCUT2D eigenvalue weighted by Gasteiger charge is -2.10. The Hall–Kier alpha value is -1.65. The van der Waals surface area contributed by atoms with Crippen molar-refractivity contribution in [2.45, 2.75) is 6.92 Å². The topological polar surface area (TPSA) is 37.8 Å². The molecule has 0 aliphatic rings. The number of rotatable bonds is 2. The Kier molecular flexibility index (Phi) is 3.83. The molecule has 0 unspecified atom stereocenters. The molecule has 0 saturated heterocycles. The molecule has 0 amide bonds. The van der Waals surface area contributed by atoms with Crippen molar-refractivity contribution < 1.29 is 0 Å². The van der Waals surface area contributed by atoms with Crippen LogP contribution in [-0.2, 0) is 0 Å². The summed E-state index contributed by atoms with van der Waals surface area (Å²) >= 11 is 9.80. The summed E-state index contributed by atoms with van der Waals surface area (Å²) in [5.74, 6) is 1.41. The van der Waals surface area contributed by atoms with Gasteiger partial charge < -0.3 is 5.32 Å². The van der Waals surface area contributed by atoms with E-state index >= 15 is 0 Å². The van der Waals surface area contributed by atoms with Gasteiger partial charge in [0.1, 0.15) is 5.82 Å². The third-order valence-electron chi connectivity index (χ3n) is 3.26. The molecule has 0 atom stereocenters. The zero-order valence-corrected chi connectivity index (χ0v) is 14.0. The van der Waals surface area contributed by atoms with E-state index in [4.69, 9.17) is 11.6 Å². The first-order valence-corrected chi connectivity index (χ1v) is 7.67. The predicted molar refractivity (Wildman–Crippen MR) is 92.0 cm³/mol. The van der Waals surface area contributed by atoms with Crippen LogP contribution in [-0.4, -0.2) is 17.0 Å². The maximum absolute atomic E-state index is 6.33. The molecular formula is C16H13BrClN3. The lowest BCUT2D eigenvalue weighted by atomic mass is 10.1. The van der Waals surface area contributed by atoms with E-state index in [1.54, 1.807) is 0 Å². The van der Waals surface area contributed by atoms with Gasteiger partial charge in [0, 0.05) is 22.5 Å². The van der Waals surface area contributed by atoms with E-state index in [1.165, 1.54) is 0 Å². The van der Waals surface area contributed by atoms with Crippen LogP contribution >= 0.6 is 27.5 Å². The van der Waals surface area contributed by atoms with Crippen molar-refractivity contribution in [1.82, 2.24) is 9.97 Å². The Morgan fingerprint density at radius 3 is 2.62 bits per heavy atom. The highest BCUT2D eigenvalue weighted by atomic mass is 79.9. The summed E-state index contributed by atoms with van der Waals surface area (Å²) in [6, 6.07) is 11.8. The number of halogens is 2. The van der Waals surface area contributed by atoms with Crippen molar-refractivity contribution in [2.24, 2.45) is 0 Å². The van der Waals surface area contributed by atoms with Gasteiger partial charge >= 0.3 is 0 Å². The van der Waals surface area contributed by atoms with E-state index in [9.17, 15) is 0 Å². The van der Waals surface area contributed by atoms with E-state index in [0.29, 0.717) is 10.8 Å². The monoisotopic (exact) mass is 361 g/mol. The number of anilines is 1. The van der Waals surface area contributed by atoms with Crippen LogP contribution in [0.4, 0.5) is 5.82 Å². The van der Waals surface area contributed by atoms with Crippen LogP contribution in [0.15, 0.2) is 40.9 Å². The summed E-state index contributed by atoms with van der Waals surface area (Å²) in [6.07, 6.45) is 0. The zero-order valence-electron chi connectivity index (χ0n) is 11.6. The lowest BCUT2D eigenvalue weighted by Crippen LogP contribution is -1.99. The van der Waals surface area contributed by atoms with Gasteiger partial charge in [-0.25, -0.2) is 9.97 Å². The van der Waals surface area contributed by atoms with E-state index in [2.05, 4.69) is 31.2 Å². The second-order valence-corrected chi connectivity index (χ2v) is 6.11. The molecule has 0 spiro atoms. The summed E-state index contributed by atoms with van der Waals surface area (Å²) in [4.78, 5) is 9.22. The Bertz CT molecular complexity index is 833. The SMILES string of the molecule is CNc1nc(-c2ccc(C)cc2Cl)nc2ccc(Br)cc12. The predicted octanol–water partition coefficient (Wildman–Crippen LogP) is 5.06. The lowest BCUT2D eigenvalue weighted by molar-refractivity contribution is 1.21. The van der Waals surface area contributed by atoms with Crippen LogP contribution in [0.25, 0.3) is 22.3 Å². The molecule has 0 saturated carbocycles. The number of aryl methyl sites for hydroxylation is 1. The van der Waals surface area contributed by atoms with Gasteiger partial charge in [-0.3, -0.25) is 0 Å². The van der Waals surface area contributed by atoms with Crippen LogP contribution < -0.4 is 5.32 Å². The Balaban J connectivity index is 2.26. The maximum Gasteiger partial charge on any atom is 0.163 e.